The number of halogens is 3. The first kappa shape index (κ1) is 18.4. The Morgan fingerprint density at radius 1 is 0.889 bits per heavy atom. The molecule has 27 heavy (non-hydrogen) atoms. The highest BCUT2D eigenvalue weighted by Crippen LogP contribution is 2.23. The molecule has 140 valence electrons. The Morgan fingerprint density at radius 2 is 1.56 bits per heavy atom. The second kappa shape index (κ2) is 7.44. The van der Waals surface area contributed by atoms with Crippen LogP contribution in [0, 0.1) is 17.5 Å². The molecule has 0 aliphatic carbocycles. The maximum absolute atomic E-state index is 14.2. The molecule has 0 fully saturated rings. The van der Waals surface area contributed by atoms with E-state index < -0.39 is 17.5 Å². The molecule has 10 heteroatoms. The normalized spacial score (nSPS) is 10.9. The smallest absolute Gasteiger partial charge is 0.232 e. The minimum Gasteiger partial charge on any atom is -0.384 e. The number of rotatable bonds is 5. The molecule has 1 aromatic carbocycles. The second-order valence-corrected chi connectivity index (χ2v) is 5.95. The molecule has 0 saturated heterocycles. The number of aromatic nitrogens is 4. The topological polar surface area (TPSA) is 102 Å². The maximum Gasteiger partial charge on any atom is 0.232 e. The number of nitrogens with zero attached hydrogens (tertiary/aromatic N) is 4. The third kappa shape index (κ3) is 4.60. The van der Waals surface area contributed by atoms with E-state index in [9.17, 15) is 13.2 Å². The molecule has 0 aliphatic heterocycles. The Morgan fingerprint density at radius 3 is 2.22 bits per heavy atom. The summed E-state index contributed by atoms with van der Waals surface area (Å²) in [5, 5.41) is 5.65. The molecule has 0 unspecified atom stereocenters. The van der Waals surface area contributed by atoms with E-state index in [1.165, 1.54) is 6.07 Å². The molecule has 0 aliphatic rings. The molecule has 4 N–H and O–H groups in total. The molecule has 3 rings (SSSR count). The fraction of sp³-hybridized carbons (Fsp3) is 0.176. The summed E-state index contributed by atoms with van der Waals surface area (Å²) in [7, 11) is 0. The van der Waals surface area contributed by atoms with Gasteiger partial charge in [-0.1, -0.05) is 0 Å². The van der Waals surface area contributed by atoms with Gasteiger partial charge in [-0.15, -0.1) is 0 Å². The first-order chi connectivity index (χ1) is 12.8. The van der Waals surface area contributed by atoms with E-state index in [0.717, 1.165) is 24.3 Å². The summed E-state index contributed by atoms with van der Waals surface area (Å²) in [5.41, 5.74) is 5.53. The van der Waals surface area contributed by atoms with Gasteiger partial charge >= 0.3 is 0 Å². The van der Waals surface area contributed by atoms with Gasteiger partial charge in [0.15, 0.2) is 11.6 Å². The van der Waals surface area contributed by atoms with E-state index in [2.05, 4.69) is 30.6 Å². The minimum absolute atomic E-state index is 0.0293. The quantitative estimate of drug-likeness (QED) is 0.627. The number of anilines is 4. The number of benzene rings is 1. The monoisotopic (exact) mass is 375 g/mol. The highest BCUT2D eigenvalue weighted by molar-refractivity contribution is 5.60. The SMILES string of the molecule is CC(C)Nc1nc(Nc2cc(F)cc(F)c2)nc(-c2nc(N)ccc2F)n1. The van der Waals surface area contributed by atoms with Crippen molar-refractivity contribution < 1.29 is 13.2 Å². The van der Waals surface area contributed by atoms with Crippen molar-refractivity contribution in [3.05, 3.63) is 47.8 Å². The first-order valence-electron chi connectivity index (χ1n) is 7.98. The van der Waals surface area contributed by atoms with Crippen LogP contribution in [0.25, 0.3) is 11.5 Å². The van der Waals surface area contributed by atoms with E-state index in [1.54, 1.807) is 0 Å². The highest BCUT2D eigenvalue weighted by atomic mass is 19.1. The fourth-order valence-electron chi connectivity index (χ4n) is 2.23. The van der Waals surface area contributed by atoms with Crippen LogP contribution in [0.5, 0.6) is 0 Å². The van der Waals surface area contributed by atoms with Crippen LogP contribution in [0.2, 0.25) is 0 Å². The maximum atomic E-state index is 14.2. The van der Waals surface area contributed by atoms with Gasteiger partial charge in [0.1, 0.15) is 23.1 Å². The Kier molecular flexibility index (Phi) is 5.06. The average molecular weight is 375 g/mol. The molecule has 7 nitrogen and oxygen atoms in total. The third-order valence-corrected chi connectivity index (χ3v) is 3.25. The van der Waals surface area contributed by atoms with Crippen LogP contribution in [0.3, 0.4) is 0 Å². The van der Waals surface area contributed by atoms with Crippen molar-refractivity contribution in [3.8, 4) is 11.5 Å². The largest absolute Gasteiger partial charge is 0.384 e. The van der Waals surface area contributed by atoms with Crippen LogP contribution in [0.1, 0.15) is 13.8 Å². The fourth-order valence-corrected chi connectivity index (χ4v) is 2.23. The molecule has 2 aromatic heterocycles. The van der Waals surface area contributed by atoms with Crippen LogP contribution in [0.15, 0.2) is 30.3 Å². The highest BCUT2D eigenvalue weighted by Gasteiger charge is 2.15. The first-order valence-corrected chi connectivity index (χ1v) is 7.98. The Labute approximate surface area is 152 Å². The molecule has 0 amide bonds. The standard InChI is InChI=1S/C17H16F3N7/c1-8(2)22-16-25-15(14-12(20)3-4-13(21)24-14)26-17(27-16)23-11-6-9(18)5-10(19)7-11/h3-8H,1-2H3,(H2,21,24)(H2,22,23,25,26,27). The lowest BCUT2D eigenvalue weighted by atomic mass is 10.3. The number of nitrogens with one attached hydrogen (secondary N) is 2. The van der Waals surface area contributed by atoms with Gasteiger partial charge in [-0.25, -0.2) is 18.2 Å². The summed E-state index contributed by atoms with van der Waals surface area (Å²) in [6.45, 7) is 3.72. The second-order valence-electron chi connectivity index (χ2n) is 5.95. The molecule has 0 atom stereocenters. The Balaban J connectivity index is 2.06. The minimum atomic E-state index is -0.768. The summed E-state index contributed by atoms with van der Waals surface area (Å²) >= 11 is 0. The molecule has 0 spiro atoms. The van der Waals surface area contributed by atoms with Crippen molar-refractivity contribution in [3.63, 3.8) is 0 Å². The van der Waals surface area contributed by atoms with Crippen LogP contribution < -0.4 is 16.4 Å². The number of nitrogens with two attached hydrogens (primary N) is 1. The van der Waals surface area contributed by atoms with Gasteiger partial charge in [-0.05, 0) is 38.1 Å². The van der Waals surface area contributed by atoms with Gasteiger partial charge in [-0.2, -0.15) is 15.0 Å². The molecule has 3 aromatic rings. The van der Waals surface area contributed by atoms with Crippen molar-refractivity contribution >= 4 is 23.4 Å². The van der Waals surface area contributed by atoms with Crippen molar-refractivity contribution in [2.24, 2.45) is 0 Å². The zero-order valence-electron chi connectivity index (χ0n) is 14.5. The Hall–Kier alpha value is -3.43. The Bertz CT molecular complexity index is 958. The van der Waals surface area contributed by atoms with Gasteiger partial charge in [0.2, 0.25) is 11.9 Å². The van der Waals surface area contributed by atoms with E-state index in [-0.39, 0.29) is 41.0 Å². The summed E-state index contributed by atoms with van der Waals surface area (Å²) < 4.78 is 41.0. The number of hydrogen-bond acceptors (Lipinski definition) is 7. The van der Waals surface area contributed by atoms with Crippen LogP contribution >= 0.6 is 0 Å². The van der Waals surface area contributed by atoms with E-state index in [0.29, 0.717) is 0 Å². The summed E-state index contributed by atoms with van der Waals surface area (Å²) in [6.07, 6.45) is 0. The molecule has 2 heterocycles. The summed E-state index contributed by atoms with van der Waals surface area (Å²) in [4.78, 5) is 16.3. The van der Waals surface area contributed by atoms with Crippen molar-refractivity contribution in [2.75, 3.05) is 16.4 Å². The van der Waals surface area contributed by atoms with Gasteiger partial charge in [0, 0.05) is 17.8 Å². The van der Waals surface area contributed by atoms with Crippen LogP contribution in [0.4, 0.5) is 36.6 Å². The molecule has 0 saturated carbocycles. The van der Waals surface area contributed by atoms with Crippen molar-refractivity contribution in [1.82, 2.24) is 19.9 Å². The number of hydrogen-bond donors (Lipinski definition) is 3. The van der Waals surface area contributed by atoms with Gasteiger partial charge in [0.25, 0.3) is 0 Å². The summed E-state index contributed by atoms with van der Waals surface area (Å²) in [6, 6.07) is 5.30. The van der Waals surface area contributed by atoms with Gasteiger partial charge < -0.3 is 16.4 Å². The van der Waals surface area contributed by atoms with Crippen LogP contribution in [-0.2, 0) is 0 Å². The molecular weight excluding hydrogens is 359 g/mol. The zero-order valence-corrected chi connectivity index (χ0v) is 14.5. The molecular formula is C17H16F3N7. The lowest BCUT2D eigenvalue weighted by Crippen LogP contribution is -2.15. The third-order valence-electron chi connectivity index (χ3n) is 3.25. The zero-order chi connectivity index (χ0) is 19.6. The van der Waals surface area contributed by atoms with Crippen LogP contribution in [-0.4, -0.2) is 26.0 Å². The van der Waals surface area contributed by atoms with E-state index in [1.807, 2.05) is 13.8 Å². The number of nitrogen functional groups attached to an aromatic ring is 1. The molecule has 0 radical (unpaired) electrons. The predicted octanol–water partition coefficient (Wildman–Crippen LogP) is 3.50. The van der Waals surface area contributed by atoms with Crippen molar-refractivity contribution in [1.29, 1.82) is 0 Å². The predicted molar refractivity (Wildman–Crippen MR) is 95.8 cm³/mol. The van der Waals surface area contributed by atoms with E-state index in [4.69, 9.17) is 5.73 Å². The van der Waals surface area contributed by atoms with E-state index >= 15 is 0 Å². The number of pyridine rings is 1. The molecule has 0 bridgehead atoms. The average Bonchev–Trinajstić information content (AvgIpc) is 2.55. The van der Waals surface area contributed by atoms with Gasteiger partial charge in [0.05, 0.1) is 0 Å². The lowest BCUT2D eigenvalue weighted by Gasteiger charge is -2.12. The van der Waals surface area contributed by atoms with Gasteiger partial charge in [-0.3, -0.25) is 0 Å². The summed E-state index contributed by atoms with van der Waals surface area (Å²) in [5.74, 6) is -2.11. The lowest BCUT2D eigenvalue weighted by molar-refractivity contribution is 0.584. The van der Waals surface area contributed by atoms with Crippen molar-refractivity contribution in [2.45, 2.75) is 19.9 Å².